The molecule has 0 spiro atoms. The van der Waals surface area contributed by atoms with Crippen LogP contribution in [0.3, 0.4) is 0 Å². The average molecular weight is 438 g/mol. The number of aromatic nitrogens is 1. The summed E-state index contributed by atoms with van der Waals surface area (Å²) in [6.07, 6.45) is 3.96. The highest BCUT2D eigenvalue weighted by Gasteiger charge is 2.31. The Labute approximate surface area is 188 Å². The maximum atomic E-state index is 13.0. The number of H-pyrrole nitrogens is 1. The minimum atomic E-state index is -0.0909. The van der Waals surface area contributed by atoms with Crippen molar-refractivity contribution in [1.29, 1.82) is 0 Å². The monoisotopic (exact) mass is 437 g/mol. The molecule has 0 aliphatic carbocycles. The second-order valence-electron chi connectivity index (χ2n) is 8.75. The van der Waals surface area contributed by atoms with Gasteiger partial charge in [-0.2, -0.15) is 0 Å². The lowest BCUT2D eigenvalue weighted by Gasteiger charge is -2.34. The summed E-state index contributed by atoms with van der Waals surface area (Å²) in [5.41, 5.74) is 1.47. The Kier molecular flexibility index (Phi) is 6.53. The molecule has 1 aliphatic rings. The molecule has 1 aromatic carbocycles. The van der Waals surface area contributed by atoms with Gasteiger partial charge in [-0.15, -0.1) is 0 Å². The van der Waals surface area contributed by atoms with E-state index < -0.39 is 0 Å². The minimum absolute atomic E-state index is 0.00258. The number of likely N-dealkylation sites (tertiary alicyclic amines) is 1. The Balaban J connectivity index is 1.30. The zero-order valence-corrected chi connectivity index (χ0v) is 18.9. The van der Waals surface area contributed by atoms with Gasteiger partial charge in [0.05, 0.1) is 13.4 Å². The lowest BCUT2D eigenvalue weighted by Crippen LogP contribution is -2.44. The molecular weight excluding hydrogens is 406 g/mol. The minimum Gasteiger partial charge on any atom is -0.497 e. The Hall–Kier alpha value is -3.22. The molecule has 1 aliphatic heterocycles. The fraction of sp³-hybridized carbons (Fsp3) is 0.440. The van der Waals surface area contributed by atoms with Crippen molar-refractivity contribution >= 4 is 22.7 Å². The molecule has 2 amide bonds. The molecule has 1 saturated heterocycles. The van der Waals surface area contributed by atoms with Crippen molar-refractivity contribution in [1.82, 2.24) is 15.2 Å². The molecule has 3 aromatic rings. The maximum Gasteiger partial charge on any atom is 0.270 e. The third-order valence-electron chi connectivity index (χ3n) is 6.48. The number of rotatable bonds is 7. The second-order valence-corrected chi connectivity index (χ2v) is 8.75. The number of methoxy groups -OCH3 is 1. The van der Waals surface area contributed by atoms with E-state index in [-0.39, 0.29) is 29.7 Å². The number of fused-ring (bicyclic) bond motifs is 1. The van der Waals surface area contributed by atoms with Gasteiger partial charge in [0.15, 0.2) is 0 Å². The molecule has 2 N–H and O–H groups in total. The van der Waals surface area contributed by atoms with E-state index >= 15 is 0 Å². The molecule has 0 unspecified atom stereocenters. The van der Waals surface area contributed by atoms with Crippen LogP contribution >= 0.6 is 0 Å². The van der Waals surface area contributed by atoms with E-state index in [1.807, 2.05) is 55.1 Å². The first-order valence-corrected chi connectivity index (χ1v) is 11.2. The van der Waals surface area contributed by atoms with E-state index in [9.17, 15) is 9.59 Å². The van der Waals surface area contributed by atoms with Crippen LogP contribution in [-0.2, 0) is 11.2 Å². The normalized spacial score (nSPS) is 16.7. The first-order chi connectivity index (χ1) is 15.4. The Morgan fingerprint density at radius 3 is 2.69 bits per heavy atom. The quantitative estimate of drug-likeness (QED) is 0.585. The molecule has 7 nitrogen and oxygen atoms in total. The van der Waals surface area contributed by atoms with Crippen LogP contribution in [0.1, 0.15) is 42.9 Å². The molecule has 7 heteroatoms. The molecule has 0 bridgehead atoms. The molecular formula is C25H31N3O4. The number of amides is 2. The number of carbonyl (C=O) groups is 2. The van der Waals surface area contributed by atoms with Gasteiger partial charge < -0.3 is 24.4 Å². The molecule has 170 valence electrons. The molecule has 4 rings (SSSR count). The van der Waals surface area contributed by atoms with Crippen LogP contribution < -0.4 is 10.1 Å². The van der Waals surface area contributed by atoms with Gasteiger partial charge in [-0.05, 0) is 56.0 Å². The molecule has 0 radical (unpaired) electrons. The van der Waals surface area contributed by atoms with Crippen LogP contribution in [0.2, 0.25) is 0 Å². The summed E-state index contributed by atoms with van der Waals surface area (Å²) in [7, 11) is 1.63. The number of nitrogens with one attached hydrogen (secondary N) is 2. The van der Waals surface area contributed by atoms with Gasteiger partial charge >= 0.3 is 0 Å². The Morgan fingerprint density at radius 1 is 1.22 bits per heavy atom. The van der Waals surface area contributed by atoms with Gasteiger partial charge in [-0.25, -0.2) is 0 Å². The fourth-order valence-corrected chi connectivity index (χ4v) is 4.49. The zero-order chi connectivity index (χ0) is 22.7. The second kappa shape index (κ2) is 9.51. The zero-order valence-electron chi connectivity index (χ0n) is 18.9. The van der Waals surface area contributed by atoms with Gasteiger partial charge in [0.25, 0.3) is 5.91 Å². The fourth-order valence-electron chi connectivity index (χ4n) is 4.49. The Morgan fingerprint density at radius 2 is 2.00 bits per heavy atom. The van der Waals surface area contributed by atoms with Crippen molar-refractivity contribution in [2.75, 3.05) is 20.2 Å². The number of aromatic amines is 1. The van der Waals surface area contributed by atoms with Crippen molar-refractivity contribution in [3.05, 3.63) is 54.1 Å². The van der Waals surface area contributed by atoms with E-state index in [2.05, 4.69) is 10.3 Å². The molecule has 3 heterocycles. The highest BCUT2D eigenvalue weighted by atomic mass is 16.5. The van der Waals surface area contributed by atoms with Gasteiger partial charge in [0.1, 0.15) is 17.2 Å². The summed E-state index contributed by atoms with van der Waals surface area (Å²) in [6, 6.07) is 11.4. The summed E-state index contributed by atoms with van der Waals surface area (Å²) < 4.78 is 10.6. The van der Waals surface area contributed by atoms with Crippen LogP contribution in [0.5, 0.6) is 5.75 Å². The van der Waals surface area contributed by atoms with Gasteiger partial charge in [-0.3, -0.25) is 9.59 Å². The number of hydrogen-bond acceptors (Lipinski definition) is 4. The first kappa shape index (κ1) is 22.0. The smallest absolute Gasteiger partial charge is 0.270 e. The lowest BCUT2D eigenvalue weighted by molar-refractivity contribution is -0.127. The number of benzene rings is 1. The van der Waals surface area contributed by atoms with Crippen molar-refractivity contribution in [2.24, 2.45) is 11.8 Å². The summed E-state index contributed by atoms with van der Waals surface area (Å²) in [6.45, 7) is 5.29. The van der Waals surface area contributed by atoms with Crippen LogP contribution in [0.25, 0.3) is 10.9 Å². The summed E-state index contributed by atoms with van der Waals surface area (Å²) in [5.74, 6) is 1.87. The SMILES string of the molecule is COc1ccc2cc(C(=O)N3CCC([C@@H](C)C(=O)N[C@@H](C)Cc4ccco4)CC3)[nH]c2c1. The summed E-state index contributed by atoms with van der Waals surface area (Å²) >= 11 is 0. The van der Waals surface area contributed by atoms with Crippen molar-refractivity contribution in [3.8, 4) is 5.75 Å². The van der Waals surface area contributed by atoms with Crippen LogP contribution in [0.15, 0.2) is 47.1 Å². The lowest BCUT2D eigenvalue weighted by atomic mass is 9.84. The van der Waals surface area contributed by atoms with Crippen molar-refractivity contribution in [2.45, 2.75) is 39.2 Å². The van der Waals surface area contributed by atoms with E-state index in [0.29, 0.717) is 25.2 Å². The third-order valence-corrected chi connectivity index (χ3v) is 6.48. The highest BCUT2D eigenvalue weighted by Crippen LogP contribution is 2.27. The molecule has 2 atom stereocenters. The molecule has 0 saturated carbocycles. The predicted molar refractivity (Wildman–Crippen MR) is 123 cm³/mol. The number of piperidine rings is 1. The topological polar surface area (TPSA) is 87.6 Å². The summed E-state index contributed by atoms with van der Waals surface area (Å²) in [4.78, 5) is 30.8. The number of hydrogen-bond donors (Lipinski definition) is 2. The largest absolute Gasteiger partial charge is 0.497 e. The molecule has 2 aromatic heterocycles. The van der Waals surface area contributed by atoms with Gasteiger partial charge in [0.2, 0.25) is 5.91 Å². The van der Waals surface area contributed by atoms with E-state index in [1.165, 1.54) is 0 Å². The molecule has 1 fully saturated rings. The molecule has 32 heavy (non-hydrogen) atoms. The van der Waals surface area contributed by atoms with Crippen molar-refractivity contribution in [3.63, 3.8) is 0 Å². The van der Waals surface area contributed by atoms with Crippen LogP contribution in [0, 0.1) is 11.8 Å². The van der Waals surface area contributed by atoms with Gasteiger partial charge in [-0.1, -0.05) is 6.92 Å². The number of nitrogens with zero attached hydrogens (tertiary/aromatic N) is 1. The number of ether oxygens (including phenoxy) is 1. The maximum absolute atomic E-state index is 13.0. The number of carbonyl (C=O) groups excluding carboxylic acids is 2. The predicted octanol–water partition coefficient (Wildman–Crippen LogP) is 4.01. The van der Waals surface area contributed by atoms with Crippen molar-refractivity contribution < 1.29 is 18.7 Å². The third kappa shape index (κ3) is 4.82. The first-order valence-electron chi connectivity index (χ1n) is 11.2. The van der Waals surface area contributed by atoms with E-state index in [4.69, 9.17) is 9.15 Å². The van der Waals surface area contributed by atoms with Crippen LogP contribution in [-0.4, -0.2) is 47.9 Å². The summed E-state index contributed by atoms with van der Waals surface area (Å²) in [5, 5.41) is 4.09. The van der Waals surface area contributed by atoms with E-state index in [1.54, 1.807) is 13.4 Å². The van der Waals surface area contributed by atoms with Gasteiger partial charge in [0, 0.05) is 48.4 Å². The Bertz CT molecular complexity index is 1060. The average Bonchev–Trinajstić information content (AvgIpc) is 3.47. The highest BCUT2D eigenvalue weighted by molar-refractivity contribution is 5.98. The number of furan rings is 1. The van der Waals surface area contributed by atoms with E-state index in [0.717, 1.165) is 35.3 Å². The van der Waals surface area contributed by atoms with Crippen LogP contribution in [0.4, 0.5) is 0 Å². The standard InChI is InChI=1S/C25H31N3O4/c1-16(13-21-5-4-12-32-21)26-24(29)17(2)18-8-10-28(11-9-18)25(30)23-14-19-6-7-20(31-3)15-22(19)27-23/h4-7,12,14-18,27H,8-11,13H2,1-3H3,(H,26,29)/t16-,17+/m0/s1.